The molecule has 1 saturated carbocycles. The van der Waals surface area contributed by atoms with Gasteiger partial charge in [-0.25, -0.2) is 0 Å². The number of piperidine rings is 1. The molecule has 2 amide bonds. The molecule has 2 heterocycles. The van der Waals surface area contributed by atoms with Crippen molar-refractivity contribution >= 4 is 11.8 Å². The lowest BCUT2D eigenvalue weighted by Crippen LogP contribution is -2.52. The Hall–Kier alpha value is -2.63. The van der Waals surface area contributed by atoms with Gasteiger partial charge >= 0.3 is 0 Å². The summed E-state index contributed by atoms with van der Waals surface area (Å²) in [5.41, 5.74) is 3.51. The summed E-state index contributed by atoms with van der Waals surface area (Å²) in [5.74, 6) is 0.911. The van der Waals surface area contributed by atoms with Crippen LogP contribution in [-0.4, -0.2) is 41.0 Å². The van der Waals surface area contributed by atoms with Crippen LogP contribution in [0.15, 0.2) is 28.8 Å². The van der Waals surface area contributed by atoms with Crippen molar-refractivity contribution in [2.75, 3.05) is 13.1 Å². The molecule has 2 aliphatic rings. The van der Waals surface area contributed by atoms with Crippen LogP contribution >= 0.6 is 0 Å². The number of nitrogens with one attached hydrogen (secondary N) is 1. The Labute approximate surface area is 165 Å². The van der Waals surface area contributed by atoms with Crippen LogP contribution in [0.4, 0.5) is 0 Å². The minimum atomic E-state index is -0.415. The fourth-order valence-corrected chi connectivity index (χ4v) is 3.69. The van der Waals surface area contributed by atoms with Gasteiger partial charge in [-0.2, -0.15) is 0 Å². The number of benzene rings is 1. The van der Waals surface area contributed by atoms with Crippen molar-refractivity contribution in [2.45, 2.75) is 52.0 Å². The van der Waals surface area contributed by atoms with E-state index in [2.05, 4.69) is 17.4 Å². The first kappa shape index (κ1) is 18.7. The predicted molar refractivity (Wildman–Crippen MR) is 106 cm³/mol. The van der Waals surface area contributed by atoms with E-state index >= 15 is 0 Å². The number of rotatable bonds is 5. The number of hydrogen-bond acceptors (Lipinski definition) is 4. The Morgan fingerprint density at radius 2 is 1.96 bits per heavy atom. The number of nitrogens with zero attached hydrogens (tertiary/aromatic N) is 2. The van der Waals surface area contributed by atoms with Crippen molar-refractivity contribution in [3.8, 4) is 11.3 Å². The van der Waals surface area contributed by atoms with Gasteiger partial charge in [0.25, 0.3) is 5.91 Å². The van der Waals surface area contributed by atoms with Gasteiger partial charge in [-0.1, -0.05) is 17.3 Å². The second-order valence-corrected chi connectivity index (χ2v) is 8.07. The summed E-state index contributed by atoms with van der Waals surface area (Å²) in [5, 5.41) is 7.02. The molecule has 148 valence electrons. The minimum Gasteiger partial charge on any atom is -0.355 e. The van der Waals surface area contributed by atoms with Crippen molar-refractivity contribution in [2.24, 2.45) is 5.92 Å². The van der Waals surface area contributed by atoms with Crippen LogP contribution in [0.25, 0.3) is 11.3 Å². The molecule has 1 aromatic heterocycles. The Morgan fingerprint density at radius 1 is 1.14 bits per heavy atom. The van der Waals surface area contributed by atoms with Crippen molar-refractivity contribution in [3.63, 3.8) is 0 Å². The van der Waals surface area contributed by atoms with Crippen molar-refractivity contribution in [3.05, 3.63) is 41.1 Å². The molecular weight excluding hydrogens is 354 g/mol. The normalized spacial score (nSPS) is 19.5. The third-order valence-corrected chi connectivity index (χ3v) is 5.85. The minimum absolute atomic E-state index is 0.0437. The molecule has 0 bridgehead atoms. The average Bonchev–Trinajstić information content (AvgIpc) is 3.41. The topological polar surface area (TPSA) is 75.4 Å². The second-order valence-electron chi connectivity index (χ2n) is 8.07. The van der Waals surface area contributed by atoms with E-state index in [1.807, 2.05) is 25.1 Å². The summed E-state index contributed by atoms with van der Waals surface area (Å²) in [6.45, 7) is 5.39. The van der Waals surface area contributed by atoms with E-state index in [1.165, 1.54) is 18.4 Å². The van der Waals surface area contributed by atoms with E-state index in [0.717, 1.165) is 30.5 Å². The lowest BCUT2D eigenvalue weighted by atomic mass is 10.0. The van der Waals surface area contributed by atoms with E-state index in [4.69, 9.17) is 4.52 Å². The Morgan fingerprint density at radius 3 is 2.71 bits per heavy atom. The quantitative estimate of drug-likeness (QED) is 0.860. The van der Waals surface area contributed by atoms with Gasteiger partial charge in [-0.05, 0) is 69.1 Å². The zero-order chi connectivity index (χ0) is 19.7. The smallest absolute Gasteiger partial charge is 0.276 e. The molecule has 1 unspecified atom stereocenters. The third-order valence-electron chi connectivity index (χ3n) is 5.85. The van der Waals surface area contributed by atoms with Crippen LogP contribution in [0.3, 0.4) is 0 Å². The first-order valence-electron chi connectivity index (χ1n) is 10.2. The van der Waals surface area contributed by atoms with Crippen LogP contribution < -0.4 is 5.32 Å². The zero-order valence-corrected chi connectivity index (χ0v) is 16.5. The molecule has 1 aliphatic carbocycles. The highest BCUT2D eigenvalue weighted by atomic mass is 16.5. The maximum atomic E-state index is 13.1. The van der Waals surface area contributed by atoms with Crippen LogP contribution in [0.5, 0.6) is 0 Å². The number of carbonyl (C=O) groups is 2. The third kappa shape index (κ3) is 3.96. The summed E-state index contributed by atoms with van der Waals surface area (Å²) in [4.78, 5) is 27.3. The van der Waals surface area contributed by atoms with E-state index in [0.29, 0.717) is 24.6 Å². The standard InChI is InChI=1S/C22H27N3O3/c1-14-6-9-17(11-15(14)2)20-12-18(24-28-20)22(27)25-10-4-3-5-19(25)21(26)23-13-16-7-8-16/h6,9,11-12,16,19H,3-5,7-8,10,13H2,1-2H3,(H,23,26). The molecule has 1 aromatic carbocycles. The summed E-state index contributed by atoms with van der Waals surface area (Å²) in [7, 11) is 0. The van der Waals surface area contributed by atoms with E-state index < -0.39 is 6.04 Å². The highest BCUT2D eigenvalue weighted by molar-refractivity contribution is 5.96. The maximum Gasteiger partial charge on any atom is 0.276 e. The van der Waals surface area contributed by atoms with Gasteiger partial charge in [0.15, 0.2) is 11.5 Å². The van der Waals surface area contributed by atoms with Gasteiger partial charge in [0.1, 0.15) is 6.04 Å². The summed E-state index contributed by atoms with van der Waals surface area (Å²) in [6, 6.07) is 7.28. The average molecular weight is 381 g/mol. The highest BCUT2D eigenvalue weighted by Gasteiger charge is 2.34. The number of amides is 2. The van der Waals surface area contributed by atoms with Gasteiger partial charge in [-0.3, -0.25) is 9.59 Å². The lowest BCUT2D eigenvalue weighted by Gasteiger charge is -2.34. The van der Waals surface area contributed by atoms with Gasteiger partial charge in [0.2, 0.25) is 5.91 Å². The molecule has 1 atom stereocenters. The van der Waals surface area contributed by atoms with Gasteiger partial charge in [0, 0.05) is 24.7 Å². The molecule has 1 saturated heterocycles. The Balaban J connectivity index is 1.49. The maximum absolute atomic E-state index is 13.1. The Kier molecular flexibility index (Phi) is 5.20. The highest BCUT2D eigenvalue weighted by Crippen LogP contribution is 2.28. The zero-order valence-electron chi connectivity index (χ0n) is 16.5. The fourth-order valence-electron chi connectivity index (χ4n) is 3.69. The number of carbonyl (C=O) groups excluding carboxylic acids is 2. The largest absolute Gasteiger partial charge is 0.355 e. The summed E-state index contributed by atoms with van der Waals surface area (Å²) < 4.78 is 5.44. The van der Waals surface area contributed by atoms with Crippen molar-refractivity contribution in [1.82, 2.24) is 15.4 Å². The number of likely N-dealkylation sites (tertiary alicyclic amines) is 1. The molecule has 1 aliphatic heterocycles. The number of aryl methyl sites for hydroxylation is 2. The van der Waals surface area contributed by atoms with Crippen LogP contribution in [0.1, 0.15) is 53.7 Å². The van der Waals surface area contributed by atoms with Gasteiger partial charge in [-0.15, -0.1) is 0 Å². The van der Waals surface area contributed by atoms with E-state index in [1.54, 1.807) is 11.0 Å². The summed E-state index contributed by atoms with van der Waals surface area (Å²) >= 11 is 0. The lowest BCUT2D eigenvalue weighted by molar-refractivity contribution is -0.126. The van der Waals surface area contributed by atoms with Gasteiger partial charge in [0.05, 0.1) is 0 Å². The number of aromatic nitrogens is 1. The van der Waals surface area contributed by atoms with Crippen molar-refractivity contribution < 1.29 is 14.1 Å². The molecule has 0 radical (unpaired) electrons. The van der Waals surface area contributed by atoms with Crippen LogP contribution in [0.2, 0.25) is 0 Å². The van der Waals surface area contributed by atoms with Crippen LogP contribution in [-0.2, 0) is 4.79 Å². The van der Waals surface area contributed by atoms with Gasteiger partial charge < -0.3 is 14.7 Å². The van der Waals surface area contributed by atoms with Crippen molar-refractivity contribution in [1.29, 1.82) is 0 Å². The first-order chi connectivity index (χ1) is 13.5. The molecule has 2 aromatic rings. The van der Waals surface area contributed by atoms with E-state index in [-0.39, 0.29) is 17.5 Å². The fraction of sp³-hybridized carbons (Fsp3) is 0.500. The summed E-state index contributed by atoms with van der Waals surface area (Å²) in [6.07, 6.45) is 4.93. The number of hydrogen-bond donors (Lipinski definition) is 1. The molecule has 28 heavy (non-hydrogen) atoms. The molecule has 2 fully saturated rings. The molecule has 6 nitrogen and oxygen atoms in total. The van der Waals surface area contributed by atoms with E-state index in [9.17, 15) is 9.59 Å². The molecule has 0 spiro atoms. The molecular formula is C22H27N3O3. The first-order valence-corrected chi connectivity index (χ1v) is 10.2. The monoisotopic (exact) mass is 381 g/mol. The molecule has 6 heteroatoms. The second kappa shape index (κ2) is 7.78. The Bertz CT molecular complexity index is 885. The SMILES string of the molecule is Cc1ccc(-c2cc(C(=O)N3CCCCC3C(=O)NCC3CC3)no2)cc1C. The van der Waals surface area contributed by atoms with Crippen LogP contribution in [0, 0.1) is 19.8 Å². The molecule has 1 N–H and O–H groups in total. The predicted octanol–water partition coefficient (Wildman–Crippen LogP) is 3.48. The molecule has 4 rings (SSSR count).